The normalized spacial score (nSPS) is 11.6. The van der Waals surface area contributed by atoms with Crippen molar-refractivity contribution in [1.29, 1.82) is 0 Å². The quantitative estimate of drug-likeness (QED) is 0.189. The molecule has 7 aromatic carbocycles. The zero-order valence-electron chi connectivity index (χ0n) is 25.2. The number of fused-ring (bicyclic) bond motifs is 6. The topological polar surface area (TPSA) is 13.1 Å². The number of nitrogens with zero attached hydrogens (tertiary/aromatic N) is 3. The monoisotopic (exact) mass is 611 g/mol. The van der Waals surface area contributed by atoms with Crippen LogP contribution in [0.1, 0.15) is 0 Å². The molecule has 2 aromatic heterocycles. The number of anilines is 3. The molecule has 0 aliphatic rings. The van der Waals surface area contributed by atoms with Gasteiger partial charge < -0.3 is 14.0 Å². The minimum atomic E-state index is -0.273. The molecule has 0 amide bonds. The molecule has 2 heterocycles. The van der Waals surface area contributed by atoms with Crippen LogP contribution in [0.3, 0.4) is 0 Å². The molecular weight excluding hydrogens is 584 g/mol. The minimum absolute atomic E-state index is 0.268. The fraction of sp³-hybridized carbons (Fsp3) is 0. The molecule has 9 rings (SSSR count). The van der Waals surface area contributed by atoms with Gasteiger partial charge in [-0.2, -0.15) is 0 Å². The lowest BCUT2D eigenvalue weighted by Gasteiger charge is -2.27. The van der Waals surface area contributed by atoms with E-state index in [1.165, 1.54) is 24.3 Å². The van der Waals surface area contributed by atoms with Crippen molar-refractivity contribution >= 4 is 60.7 Å². The molecule has 0 saturated heterocycles. The largest absolute Gasteiger partial charge is 0.309 e. The molecule has 5 heteroatoms. The number of rotatable bonds is 5. The summed E-state index contributed by atoms with van der Waals surface area (Å²) in [5.74, 6) is -0.541. The Kier molecular flexibility index (Phi) is 6.18. The van der Waals surface area contributed by atoms with Gasteiger partial charge in [0.2, 0.25) is 0 Å². The summed E-state index contributed by atoms with van der Waals surface area (Å²) < 4.78 is 32.6. The molecule has 47 heavy (non-hydrogen) atoms. The van der Waals surface area contributed by atoms with Crippen LogP contribution in [-0.4, -0.2) is 9.13 Å². The average molecular weight is 612 g/mol. The third-order valence-electron chi connectivity index (χ3n) is 9.01. The van der Waals surface area contributed by atoms with Crippen LogP contribution in [0.5, 0.6) is 0 Å². The number of para-hydroxylation sites is 4. The third-order valence-corrected chi connectivity index (χ3v) is 9.01. The van der Waals surface area contributed by atoms with Crippen LogP contribution in [0.4, 0.5) is 25.8 Å². The summed E-state index contributed by atoms with van der Waals surface area (Å²) >= 11 is 0. The van der Waals surface area contributed by atoms with E-state index in [0.29, 0.717) is 0 Å². The van der Waals surface area contributed by atoms with Gasteiger partial charge in [0.05, 0.1) is 27.8 Å². The van der Waals surface area contributed by atoms with Crippen molar-refractivity contribution in [2.45, 2.75) is 0 Å². The van der Waals surface area contributed by atoms with Gasteiger partial charge in [0.15, 0.2) is 0 Å². The second kappa shape index (κ2) is 10.7. The van der Waals surface area contributed by atoms with E-state index in [0.717, 1.165) is 72.0 Å². The second-order valence-corrected chi connectivity index (χ2v) is 11.7. The van der Waals surface area contributed by atoms with Gasteiger partial charge in [-0.1, -0.05) is 72.8 Å². The van der Waals surface area contributed by atoms with Crippen LogP contribution >= 0.6 is 0 Å². The first kappa shape index (κ1) is 27.1. The molecule has 0 aliphatic carbocycles. The summed E-state index contributed by atoms with van der Waals surface area (Å²) in [5.41, 5.74) is 8.85. The Balaban J connectivity index is 1.37. The van der Waals surface area contributed by atoms with Crippen molar-refractivity contribution in [3.63, 3.8) is 0 Å². The summed E-state index contributed by atoms with van der Waals surface area (Å²) in [6.45, 7) is 0. The third kappa shape index (κ3) is 4.32. The van der Waals surface area contributed by atoms with Gasteiger partial charge in [0.1, 0.15) is 11.6 Å². The van der Waals surface area contributed by atoms with E-state index in [4.69, 9.17) is 0 Å². The first-order valence-corrected chi connectivity index (χ1v) is 15.6. The fourth-order valence-corrected chi connectivity index (χ4v) is 7.01. The Morgan fingerprint density at radius 1 is 0.383 bits per heavy atom. The summed E-state index contributed by atoms with van der Waals surface area (Å²) in [4.78, 5) is 2.29. The average Bonchev–Trinajstić information content (AvgIpc) is 3.63. The van der Waals surface area contributed by atoms with Crippen molar-refractivity contribution in [3.8, 4) is 11.4 Å². The first-order valence-electron chi connectivity index (χ1n) is 15.6. The van der Waals surface area contributed by atoms with Crippen LogP contribution < -0.4 is 4.90 Å². The van der Waals surface area contributed by atoms with Crippen molar-refractivity contribution in [2.75, 3.05) is 4.90 Å². The van der Waals surface area contributed by atoms with E-state index >= 15 is 0 Å². The summed E-state index contributed by atoms with van der Waals surface area (Å²) in [6.07, 6.45) is 0. The minimum Gasteiger partial charge on any atom is -0.309 e. The molecule has 9 aromatic rings. The maximum absolute atomic E-state index is 14.1. The van der Waals surface area contributed by atoms with E-state index in [1.807, 2.05) is 54.6 Å². The van der Waals surface area contributed by atoms with Gasteiger partial charge in [-0.15, -0.1) is 0 Å². The number of aromatic nitrogens is 2. The lowest BCUT2D eigenvalue weighted by atomic mass is 10.1. The first-order chi connectivity index (χ1) is 23.2. The Labute approximate surface area is 269 Å². The smallest absolute Gasteiger partial charge is 0.123 e. The standard InChI is InChI=1S/C42H27F2N3/c43-28-17-21-31(22-18-28)46-38-14-6-4-11-34(38)36-26-25-33(27-41(36)46)45(30-9-2-1-3-10-30)40-16-8-13-37-35-12-5-7-15-39(35)47(42(37)40)32-23-19-29(44)20-24-32/h1-27H. The lowest BCUT2D eigenvalue weighted by molar-refractivity contribution is 0.627. The van der Waals surface area contributed by atoms with E-state index in [-0.39, 0.29) is 11.6 Å². The van der Waals surface area contributed by atoms with E-state index < -0.39 is 0 Å². The molecule has 224 valence electrons. The van der Waals surface area contributed by atoms with Crippen LogP contribution in [0.15, 0.2) is 164 Å². The van der Waals surface area contributed by atoms with Crippen LogP contribution in [0.25, 0.3) is 55.0 Å². The number of hydrogen-bond donors (Lipinski definition) is 0. The van der Waals surface area contributed by atoms with Gasteiger partial charge in [-0.25, -0.2) is 8.78 Å². The van der Waals surface area contributed by atoms with Crippen LogP contribution in [0.2, 0.25) is 0 Å². The van der Waals surface area contributed by atoms with Crippen molar-refractivity contribution < 1.29 is 8.78 Å². The van der Waals surface area contributed by atoms with E-state index in [1.54, 1.807) is 0 Å². The zero-order chi connectivity index (χ0) is 31.5. The maximum atomic E-state index is 14.1. The van der Waals surface area contributed by atoms with Gasteiger partial charge in [0, 0.05) is 44.3 Å². The highest BCUT2D eigenvalue weighted by Gasteiger charge is 2.22. The Morgan fingerprint density at radius 3 is 1.60 bits per heavy atom. The van der Waals surface area contributed by atoms with Gasteiger partial charge in [-0.05, 0) is 91.0 Å². The molecule has 0 N–H and O–H groups in total. The Hall–Kier alpha value is -6.20. The zero-order valence-corrected chi connectivity index (χ0v) is 25.2. The fourth-order valence-electron chi connectivity index (χ4n) is 7.01. The number of benzene rings is 7. The second-order valence-electron chi connectivity index (χ2n) is 11.7. The Bertz CT molecular complexity index is 2580. The molecule has 0 radical (unpaired) electrons. The highest BCUT2D eigenvalue weighted by Crippen LogP contribution is 2.44. The van der Waals surface area contributed by atoms with Gasteiger partial charge >= 0.3 is 0 Å². The maximum Gasteiger partial charge on any atom is 0.123 e. The number of halogens is 2. The van der Waals surface area contributed by atoms with Gasteiger partial charge in [0.25, 0.3) is 0 Å². The van der Waals surface area contributed by atoms with Crippen LogP contribution in [0, 0.1) is 11.6 Å². The van der Waals surface area contributed by atoms with E-state index in [9.17, 15) is 8.78 Å². The SMILES string of the molecule is Fc1ccc(-n2c3ccccc3c3ccc(N(c4ccccc4)c4cccc5c6ccccc6n(-c6ccc(F)cc6)c45)cc32)cc1. The van der Waals surface area contributed by atoms with Crippen molar-refractivity contribution in [2.24, 2.45) is 0 Å². The van der Waals surface area contributed by atoms with Crippen molar-refractivity contribution in [1.82, 2.24) is 9.13 Å². The highest BCUT2D eigenvalue weighted by atomic mass is 19.1. The highest BCUT2D eigenvalue weighted by molar-refractivity contribution is 6.15. The molecule has 0 aliphatic heterocycles. The van der Waals surface area contributed by atoms with Gasteiger partial charge in [-0.3, -0.25) is 0 Å². The molecule has 0 spiro atoms. The van der Waals surface area contributed by atoms with E-state index in [2.05, 4.69) is 99.0 Å². The predicted molar refractivity (Wildman–Crippen MR) is 190 cm³/mol. The van der Waals surface area contributed by atoms with Crippen molar-refractivity contribution in [3.05, 3.63) is 175 Å². The summed E-state index contributed by atoms with van der Waals surface area (Å²) in [6, 6.07) is 53.3. The number of hydrogen-bond acceptors (Lipinski definition) is 1. The molecule has 0 bridgehead atoms. The van der Waals surface area contributed by atoms with Crippen LogP contribution in [-0.2, 0) is 0 Å². The molecule has 0 saturated carbocycles. The summed E-state index contributed by atoms with van der Waals surface area (Å²) in [5, 5.41) is 4.46. The Morgan fingerprint density at radius 2 is 0.915 bits per heavy atom. The lowest BCUT2D eigenvalue weighted by Crippen LogP contribution is -2.11. The molecule has 0 atom stereocenters. The summed E-state index contributed by atoms with van der Waals surface area (Å²) in [7, 11) is 0. The predicted octanol–water partition coefficient (Wildman–Crippen LogP) is 11.6. The molecule has 0 fully saturated rings. The molecule has 0 unspecified atom stereocenters. The molecule has 3 nitrogen and oxygen atoms in total. The molecular formula is C42H27F2N3.